The van der Waals surface area contributed by atoms with Crippen molar-refractivity contribution in [2.75, 3.05) is 5.32 Å². The molecule has 1 aromatic carbocycles. The molecule has 0 spiro atoms. The quantitative estimate of drug-likeness (QED) is 0.879. The lowest BCUT2D eigenvalue weighted by Gasteiger charge is -2.37. The Kier molecular flexibility index (Phi) is 5.54. The second-order valence-corrected chi connectivity index (χ2v) is 5.75. The van der Waals surface area contributed by atoms with Gasteiger partial charge in [-0.15, -0.1) is 12.4 Å². The zero-order chi connectivity index (χ0) is 14.0. The predicted molar refractivity (Wildman–Crippen MR) is 81.6 cm³/mol. The maximum atomic E-state index is 13.0. The van der Waals surface area contributed by atoms with E-state index in [0.717, 1.165) is 31.2 Å². The van der Waals surface area contributed by atoms with Crippen LogP contribution in [0.2, 0.25) is 0 Å². The summed E-state index contributed by atoms with van der Waals surface area (Å²) in [4.78, 5) is 12.3. The van der Waals surface area contributed by atoms with Gasteiger partial charge in [-0.2, -0.15) is 0 Å². The van der Waals surface area contributed by atoms with Gasteiger partial charge in [0.1, 0.15) is 5.82 Å². The molecule has 1 saturated carbocycles. The molecule has 3 nitrogen and oxygen atoms in total. The number of nitrogens with one attached hydrogen (secondary N) is 1. The average Bonchev–Trinajstić information content (AvgIpc) is 2.32. The molecule has 0 radical (unpaired) electrons. The first kappa shape index (κ1) is 16.9. The topological polar surface area (TPSA) is 55.1 Å². The minimum absolute atomic E-state index is 0. The van der Waals surface area contributed by atoms with Crippen molar-refractivity contribution in [1.82, 2.24) is 0 Å². The Labute approximate surface area is 125 Å². The fraction of sp³-hybridized carbons (Fsp3) is 0.533. The normalized spacial score (nSPS) is 25.7. The monoisotopic (exact) mass is 300 g/mol. The number of nitrogens with two attached hydrogens (primary N) is 1. The molecule has 112 valence electrons. The summed E-state index contributed by atoms with van der Waals surface area (Å²) in [6.45, 7) is 3.72. The van der Waals surface area contributed by atoms with Crippen LogP contribution in [0.5, 0.6) is 0 Å². The summed E-state index contributed by atoms with van der Waals surface area (Å²) in [6, 6.07) is 4.36. The van der Waals surface area contributed by atoms with Crippen molar-refractivity contribution >= 4 is 24.0 Å². The number of halogens is 2. The minimum atomic E-state index is -0.448. The van der Waals surface area contributed by atoms with Gasteiger partial charge in [0, 0.05) is 11.2 Å². The number of rotatable bonds is 2. The van der Waals surface area contributed by atoms with Gasteiger partial charge in [-0.3, -0.25) is 4.79 Å². The molecule has 1 aromatic rings. The van der Waals surface area contributed by atoms with Crippen molar-refractivity contribution < 1.29 is 9.18 Å². The van der Waals surface area contributed by atoms with Crippen LogP contribution in [0.15, 0.2) is 18.2 Å². The third-order valence-electron chi connectivity index (χ3n) is 4.02. The third-order valence-corrected chi connectivity index (χ3v) is 4.02. The first-order valence-corrected chi connectivity index (χ1v) is 6.76. The van der Waals surface area contributed by atoms with Gasteiger partial charge in [0.25, 0.3) is 0 Å². The van der Waals surface area contributed by atoms with E-state index in [1.54, 1.807) is 13.0 Å². The Morgan fingerprint density at radius 1 is 1.45 bits per heavy atom. The minimum Gasteiger partial charge on any atom is -0.326 e. The zero-order valence-corrected chi connectivity index (χ0v) is 12.7. The van der Waals surface area contributed by atoms with Gasteiger partial charge in [0.05, 0.1) is 5.92 Å². The number of amides is 1. The summed E-state index contributed by atoms with van der Waals surface area (Å²) in [6.07, 6.45) is 3.80. The van der Waals surface area contributed by atoms with E-state index in [1.807, 2.05) is 6.92 Å². The van der Waals surface area contributed by atoms with E-state index < -0.39 is 5.54 Å². The van der Waals surface area contributed by atoms with Crippen molar-refractivity contribution in [3.63, 3.8) is 0 Å². The molecule has 5 heteroatoms. The molecule has 0 heterocycles. The maximum Gasteiger partial charge on any atom is 0.229 e. The van der Waals surface area contributed by atoms with Crippen LogP contribution in [-0.2, 0) is 4.79 Å². The van der Waals surface area contributed by atoms with Crippen LogP contribution < -0.4 is 11.1 Å². The molecule has 1 fully saturated rings. The van der Waals surface area contributed by atoms with E-state index in [2.05, 4.69) is 5.32 Å². The van der Waals surface area contributed by atoms with E-state index >= 15 is 0 Å². The lowest BCUT2D eigenvalue weighted by atomic mass is 9.74. The van der Waals surface area contributed by atoms with Crippen molar-refractivity contribution in [3.8, 4) is 0 Å². The second kappa shape index (κ2) is 6.55. The lowest BCUT2D eigenvalue weighted by molar-refractivity contribution is -0.122. The highest BCUT2D eigenvalue weighted by Crippen LogP contribution is 2.32. The summed E-state index contributed by atoms with van der Waals surface area (Å²) in [5.74, 6) is -0.526. The number of carbonyl (C=O) groups is 1. The van der Waals surface area contributed by atoms with Gasteiger partial charge in [0.2, 0.25) is 5.91 Å². The SMILES string of the molecule is Cc1cc(F)ccc1NC(=O)C1CCCCC1(C)N.Cl. The first-order valence-electron chi connectivity index (χ1n) is 6.76. The molecule has 2 unspecified atom stereocenters. The summed E-state index contributed by atoms with van der Waals surface area (Å²) >= 11 is 0. The van der Waals surface area contributed by atoms with Crippen LogP contribution in [0, 0.1) is 18.7 Å². The summed E-state index contributed by atoms with van der Waals surface area (Å²) < 4.78 is 13.0. The molecule has 0 bridgehead atoms. The highest BCUT2D eigenvalue weighted by Gasteiger charge is 2.37. The molecule has 1 amide bonds. The zero-order valence-electron chi connectivity index (χ0n) is 11.9. The Bertz CT molecular complexity index is 491. The van der Waals surface area contributed by atoms with Gasteiger partial charge in [-0.05, 0) is 50.5 Å². The number of benzene rings is 1. The van der Waals surface area contributed by atoms with Crippen molar-refractivity contribution in [3.05, 3.63) is 29.6 Å². The largest absolute Gasteiger partial charge is 0.326 e. The summed E-state index contributed by atoms with van der Waals surface area (Å²) in [7, 11) is 0. The van der Waals surface area contributed by atoms with E-state index in [1.165, 1.54) is 12.1 Å². The average molecular weight is 301 g/mol. The second-order valence-electron chi connectivity index (χ2n) is 5.75. The highest BCUT2D eigenvalue weighted by atomic mass is 35.5. The lowest BCUT2D eigenvalue weighted by Crippen LogP contribution is -2.51. The third kappa shape index (κ3) is 3.70. The van der Waals surface area contributed by atoms with Crippen LogP contribution in [0.25, 0.3) is 0 Å². The number of aryl methyl sites for hydroxylation is 1. The number of hydrogen-bond acceptors (Lipinski definition) is 2. The van der Waals surface area contributed by atoms with Crippen LogP contribution in [0.4, 0.5) is 10.1 Å². The molecule has 3 N–H and O–H groups in total. The maximum absolute atomic E-state index is 13.0. The van der Waals surface area contributed by atoms with Crippen LogP contribution in [-0.4, -0.2) is 11.4 Å². The van der Waals surface area contributed by atoms with Gasteiger partial charge in [-0.1, -0.05) is 12.8 Å². The molecule has 2 atom stereocenters. The Morgan fingerprint density at radius 3 is 2.75 bits per heavy atom. The van der Waals surface area contributed by atoms with Gasteiger partial charge < -0.3 is 11.1 Å². The van der Waals surface area contributed by atoms with Crippen molar-refractivity contribution in [2.24, 2.45) is 11.7 Å². The van der Waals surface area contributed by atoms with Gasteiger partial charge >= 0.3 is 0 Å². The molecule has 1 aliphatic rings. The number of carbonyl (C=O) groups excluding carboxylic acids is 1. The van der Waals surface area contributed by atoms with Crippen molar-refractivity contribution in [1.29, 1.82) is 0 Å². The first-order chi connectivity index (χ1) is 8.90. The van der Waals surface area contributed by atoms with E-state index in [9.17, 15) is 9.18 Å². The van der Waals surface area contributed by atoms with Crippen molar-refractivity contribution in [2.45, 2.75) is 45.1 Å². The molecular weight excluding hydrogens is 279 g/mol. The molecule has 0 aliphatic heterocycles. The summed E-state index contributed by atoms with van der Waals surface area (Å²) in [5, 5.41) is 2.88. The van der Waals surface area contributed by atoms with Crippen LogP contribution >= 0.6 is 12.4 Å². The smallest absolute Gasteiger partial charge is 0.229 e. The Hall–Kier alpha value is -1.13. The van der Waals surface area contributed by atoms with Crippen LogP contribution in [0.1, 0.15) is 38.2 Å². The Morgan fingerprint density at radius 2 is 2.15 bits per heavy atom. The van der Waals surface area contributed by atoms with E-state index in [0.29, 0.717) is 5.69 Å². The fourth-order valence-corrected chi connectivity index (χ4v) is 2.78. The summed E-state index contributed by atoms with van der Waals surface area (Å²) in [5.41, 5.74) is 7.15. The van der Waals surface area contributed by atoms with Crippen LogP contribution in [0.3, 0.4) is 0 Å². The van der Waals surface area contributed by atoms with Gasteiger partial charge in [-0.25, -0.2) is 4.39 Å². The Balaban J connectivity index is 0.00000200. The number of anilines is 1. The molecular formula is C15H22ClFN2O. The highest BCUT2D eigenvalue weighted by molar-refractivity contribution is 5.94. The predicted octanol–water partition coefficient (Wildman–Crippen LogP) is 3.40. The number of hydrogen-bond donors (Lipinski definition) is 2. The molecule has 2 rings (SSSR count). The molecule has 1 aliphatic carbocycles. The molecule has 20 heavy (non-hydrogen) atoms. The molecule has 0 saturated heterocycles. The van der Waals surface area contributed by atoms with E-state index in [4.69, 9.17) is 5.73 Å². The molecule has 0 aromatic heterocycles. The standard InChI is InChI=1S/C15H21FN2O.ClH/c1-10-9-11(16)6-7-13(10)18-14(19)12-5-3-4-8-15(12,2)17;/h6-7,9,12H,3-5,8,17H2,1-2H3,(H,18,19);1H. The fourth-order valence-electron chi connectivity index (χ4n) is 2.78. The van der Waals surface area contributed by atoms with E-state index in [-0.39, 0.29) is 30.0 Å². The van der Waals surface area contributed by atoms with Gasteiger partial charge in [0.15, 0.2) is 0 Å².